The van der Waals surface area contributed by atoms with Crippen molar-refractivity contribution in [2.45, 2.75) is 19.3 Å². The van der Waals surface area contributed by atoms with E-state index in [0.717, 1.165) is 26.4 Å². The van der Waals surface area contributed by atoms with Crippen molar-refractivity contribution in [2.75, 3.05) is 14.2 Å². The summed E-state index contributed by atoms with van der Waals surface area (Å²) in [6.45, 7) is 1.65. The van der Waals surface area contributed by atoms with E-state index in [1.807, 2.05) is 0 Å². The second kappa shape index (κ2) is 7.90. The SMILES string of the molecule is CC[C@]1(C(=O)c2ccc(F)cc2)[C@H](c2ccc([N+](=O)[O-])cc2)C1(C(=O)OC)C(=O)OC. The summed E-state index contributed by atoms with van der Waals surface area (Å²) in [7, 11) is 2.20. The molecule has 0 heterocycles. The van der Waals surface area contributed by atoms with E-state index in [-0.39, 0.29) is 17.7 Å². The van der Waals surface area contributed by atoms with Crippen LogP contribution in [0.3, 0.4) is 0 Å². The molecular formula is C22H20FNO7. The predicted octanol–water partition coefficient (Wildman–Crippen LogP) is 3.44. The number of nitro groups is 1. The minimum atomic E-state index is -1.98. The summed E-state index contributed by atoms with van der Waals surface area (Å²) in [4.78, 5) is 50.0. The maximum atomic E-state index is 13.6. The maximum absolute atomic E-state index is 13.6. The standard InChI is InChI=1S/C22H20FNO7/c1-4-21(18(25)14-5-9-15(23)10-6-14)17(13-7-11-16(12-8-13)24(28)29)22(21,19(26)30-2)20(27)31-3/h5-12,17H,4H2,1-3H3/t17-,21+/m0/s1. The third kappa shape index (κ3) is 2.99. The summed E-state index contributed by atoms with van der Waals surface area (Å²) in [6.07, 6.45) is 0.0645. The molecule has 0 aliphatic heterocycles. The van der Waals surface area contributed by atoms with Gasteiger partial charge in [-0.05, 0) is 36.2 Å². The number of Topliss-reactive ketones (excluding diaryl/α,β-unsaturated/α-hetero) is 1. The van der Waals surface area contributed by atoms with Crippen LogP contribution in [0.4, 0.5) is 10.1 Å². The van der Waals surface area contributed by atoms with Crippen molar-refractivity contribution in [3.8, 4) is 0 Å². The lowest BCUT2D eigenvalue weighted by atomic mass is 9.83. The third-order valence-electron chi connectivity index (χ3n) is 6.07. The molecule has 0 aromatic heterocycles. The first kappa shape index (κ1) is 22.1. The molecule has 0 spiro atoms. The molecule has 8 nitrogen and oxygen atoms in total. The van der Waals surface area contributed by atoms with Gasteiger partial charge >= 0.3 is 11.9 Å². The van der Waals surface area contributed by atoms with Gasteiger partial charge in [-0.25, -0.2) is 4.39 Å². The van der Waals surface area contributed by atoms with E-state index in [0.29, 0.717) is 5.56 Å². The lowest BCUT2D eigenvalue weighted by Crippen LogP contribution is -2.37. The average Bonchev–Trinajstić information content (AvgIpc) is 3.43. The van der Waals surface area contributed by atoms with E-state index >= 15 is 0 Å². The molecule has 1 aliphatic rings. The molecule has 0 unspecified atom stereocenters. The second-order valence-electron chi connectivity index (χ2n) is 7.23. The van der Waals surface area contributed by atoms with E-state index in [9.17, 15) is 28.9 Å². The van der Waals surface area contributed by atoms with Gasteiger partial charge in [0.1, 0.15) is 5.82 Å². The normalized spacial score (nSPS) is 21.1. The minimum absolute atomic E-state index is 0.0645. The first-order valence-electron chi connectivity index (χ1n) is 9.43. The van der Waals surface area contributed by atoms with Gasteiger partial charge in [0.05, 0.1) is 24.6 Å². The van der Waals surface area contributed by atoms with Crippen LogP contribution in [0, 0.1) is 26.8 Å². The molecule has 1 aliphatic carbocycles. The number of methoxy groups -OCH3 is 2. The quantitative estimate of drug-likeness (QED) is 0.218. The summed E-state index contributed by atoms with van der Waals surface area (Å²) >= 11 is 0. The fourth-order valence-corrected chi connectivity index (χ4v) is 4.68. The molecule has 0 radical (unpaired) electrons. The van der Waals surface area contributed by atoms with Gasteiger partial charge in [-0.15, -0.1) is 0 Å². The van der Waals surface area contributed by atoms with E-state index in [4.69, 9.17) is 9.47 Å². The minimum Gasteiger partial charge on any atom is -0.468 e. The number of ether oxygens (including phenoxy) is 2. The van der Waals surface area contributed by atoms with Gasteiger partial charge in [-0.1, -0.05) is 19.1 Å². The Morgan fingerprint density at radius 2 is 1.52 bits per heavy atom. The number of nitrogens with zero attached hydrogens (tertiary/aromatic N) is 1. The van der Waals surface area contributed by atoms with Crippen molar-refractivity contribution in [3.05, 3.63) is 75.6 Å². The van der Waals surface area contributed by atoms with Gasteiger partial charge in [0.15, 0.2) is 11.2 Å². The number of carbonyl (C=O) groups excluding carboxylic acids is 3. The number of carbonyl (C=O) groups is 3. The van der Waals surface area contributed by atoms with Crippen LogP contribution in [0.1, 0.15) is 35.2 Å². The van der Waals surface area contributed by atoms with Gasteiger partial charge in [0.2, 0.25) is 0 Å². The van der Waals surface area contributed by atoms with Crippen molar-refractivity contribution in [3.63, 3.8) is 0 Å². The van der Waals surface area contributed by atoms with Crippen LogP contribution in [0.5, 0.6) is 0 Å². The van der Waals surface area contributed by atoms with Crippen molar-refractivity contribution in [1.82, 2.24) is 0 Å². The summed E-state index contributed by atoms with van der Waals surface area (Å²) in [6, 6.07) is 10.0. The lowest BCUT2D eigenvalue weighted by molar-refractivity contribution is -0.384. The van der Waals surface area contributed by atoms with Crippen molar-refractivity contribution >= 4 is 23.4 Å². The van der Waals surface area contributed by atoms with Gasteiger partial charge in [0.25, 0.3) is 5.69 Å². The van der Waals surface area contributed by atoms with E-state index < -0.39 is 45.2 Å². The highest BCUT2D eigenvalue weighted by Crippen LogP contribution is 2.77. The zero-order valence-corrected chi connectivity index (χ0v) is 17.1. The van der Waals surface area contributed by atoms with E-state index in [1.165, 1.54) is 36.4 Å². The molecule has 162 valence electrons. The molecule has 3 rings (SSSR count). The van der Waals surface area contributed by atoms with Crippen LogP contribution in [0.15, 0.2) is 48.5 Å². The van der Waals surface area contributed by atoms with Crippen LogP contribution in [-0.2, 0) is 19.1 Å². The van der Waals surface area contributed by atoms with Crippen LogP contribution >= 0.6 is 0 Å². The number of nitro benzene ring substituents is 1. The van der Waals surface area contributed by atoms with Gasteiger partial charge in [0, 0.05) is 23.6 Å². The Kier molecular flexibility index (Phi) is 5.62. The Balaban J connectivity index is 2.24. The number of hydrogen-bond donors (Lipinski definition) is 0. The van der Waals surface area contributed by atoms with E-state index in [1.54, 1.807) is 6.92 Å². The number of non-ortho nitro benzene ring substituents is 1. The largest absolute Gasteiger partial charge is 0.468 e. The molecule has 0 amide bonds. The van der Waals surface area contributed by atoms with Crippen LogP contribution < -0.4 is 0 Å². The molecule has 2 aromatic carbocycles. The first-order chi connectivity index (χ1) is 14.7. The average molecular weight is 429 g/mol. The summed E-state index contributed by atoms with van der Waals surface area (Å²) in [5.74, 6) is -3.96. The number of halogens is 1. The van der Waals surface area contributed by atoms with Crippen LogP contribution in [0.25, 0.3) is 0 Å². The van der Waals surface area contributed by atoms with E-state index in [2.05, 4.69) is 0 Å². The Morgan fingerprint density at radius 1 is 1.00 bits per heavy atom. The number of ketones is 1. The first-order valence-corrected chi connectivity index (χ1v) is 9.43. The molecule has 9 heteroatoms. The Bertz CT molecular complexity index is 1030. The Morgan fingerprint density at radius 3 is 1.94 bits per heavy atom. The fraction of sp³-hybridized carbons (Fsp3) is 0.318. The van der Waals surface area contributed by atoms with Crippen LogP contribution in [0.2, 0.25) is 0 Å². The smallest absolute Gasteiger partial charge is 0.324 e. The molecular weight excluding hydrogens is 409 g/mol. The Labute approximate surface area is 177 Å². The highest BCUT2D eigenvalue weighted by molar-refractivity contribution is 6.18. The molecule has 0 saturated heterocycles. The molecule has 0 N–H and O–H groups in total. The third-order valence-corrected chi connectivity index (χ3v) is 6.07. The maximum Gasteiger partial charge on any atom is 0.324 e. The van der Waals surface area contributed by atoms with Gasteiger partial charge in [-0.3, -0.25) is 24.5 Å². The van der Waals surface area contributed by atoms with Crippen molar-refractivity contribution in [1.29, 1.82) is 0 Å². The van der Waals surface area contributed by atoms with Crippen molar-refractivity contribution < 1.29 is 33.2 Å². The second-order valence-corrected chi connectivity index (χ2v) is 7.23. The number of rotatable bonds is 7. The zero-order chi connectivity index (χ0) is 23.0. The summed E-state index contributed by atoms with van der Waals surface area (Å²) in [5, 5.41) is 11.0. The Hall–Kier alpha value is -3.62. The molecule has 1 saturated carbocycles. The van der Waals surface area contributed by atoms with Crippen molar-refractivity contribution in [2.24, 2.45) is 10.8 Å². The van der Waals surface area contributed by atoms with Crippen LogP contribution in [-0.4, -0.2) is 36.9 Å². The topological polar surface area (TPSA) is 113 Å². The number of hydrogen-bond acceptors (Lipinski definition) is 7. The molecule has 2 aromatic rings. The number of esters is 2. The molecule has 1 fully saturated rings. The zero-order valence-electron chi connectivity index (χ0n) is 17.1. The molecule has 2 atom stereocenters. The fourth-order valence-electron chi connectivity index (χ4n) is 4.68. The van der Waals surface area contributed by atoms with Gasteiger partial charge < -0.3 is 9.47 Å². The summed E-state index contributed by atoms with van der Waals surface area (Å²) < 4.78 is 23.2. The highest BCUT2D eigenvalue weighted by atomic mass is 19.1. The predicted molar refractivity (Wildman–Crippen MR) is 106 cm³/mol. The van der Waals surface area contributed by atoms with Gasteiger partial charge in [-0.2, -0.15) is 0 Å². The monoisotopic (exact) mass is 429 g/mol. The lowest BCUT2D eigenvalue weighted by Gasteiger charge is -2.20. The number of benzene rings is 2. The highest BCUT2D eigenvalue weighted by Gasteiger charge is 2.88. The molecule has 31 heavy (non-hydrogen) atoms. The molecule has 0 bridgehead atoms. The summed E-state index contributed by atoms with van der Waals surface area (Å²) in [5.41, 5.74) is -3.24.